The summed E-state index contributed by atoms with van der Waals surface area (Å²) >= 11 is 11.8. The number of benzene rings is 2. The SMILES string of the molecule is CC(=O)N(CN1C(=O)c2cccc([N+](=O)[O-])c2C1=O)c1ccc(Cl)c(Cl)c1. The van der Waals surface area contributed by atoms with Crippen LogP contribution in [0.5, 0.6) is 0 Å². The molecule has 2 aromatic carbocycles. The molecule has 2 aromatic rings. The summed E-state index contributed by atoms with van der Waals surface area (Å²) < 4.78 is 0. The maximum Gasteiger partial charge on any atom is 0.282 e. The van der Waals surface area contributed by atoms with Crippen LogP contribution in [0.15, 0.2) is 36.4 Å². The van der Waals surface area contributed by atoms with Gasteiger partial charge in [-0.3, -0.25) is 34.3 Å². The summed E-state index contributed by atoms with van der Waals surface area (Å²) in [7, 11) is 0. The molecule has 10 heteroatoms. The third-order valence-corrected chi connectivity index (χ3v) is 4.79. The first kappa shape index (κ1) is 18.8. The summed E-state index contributed by atoms with van der Waals surface area (Å²) in [5.41, 5.74) is -0.503. The second-order valence-corrected chi connectivity index (χ2v) is 6.50. The van der Waals surface area contributed by atoms with E-state index in [1.54, 1.807) is 0 Å². The van der Waals surface area contributed by atoms with Gasteiger partial charge in [0.05, 0.1) is 20.5 Å². The minimum Gasteiger partial charge on any atom is -0.294 e. The number of halogens is 2. The van der Waals surface area contributed by atoms with Crippen LogP contribution in [0, 0.1) is 10.1 Å². The molecule has 0 radical (unpaired) electrons. The highest BCUT2D eigenvalue weighted by Gasteiger charge is 2.42. The van der Waals surface area contributed by atoms with Crippen molar-refractivity contribution in [1.82, 2.24) is 4.90 Å². The fraction of sp³-hybridized carbons (Fsp3) is 0.118. The number of fused-ring (bicyclic) bond motifs is 1. The number of hydrogen-bond acceptors (Lipinski definition) is 5. The quantitative estimate of drug-likeness (QED) is 0.438. The Labute approximate surface area is 163 Å². The molecule has 0 unspecified atom stereocenters. The van der Waals surface area contributed by atoms with Crippen molar-refractivity contribution in [2.75, 3.05) is 11.6 Å². The van der Waals surface area contributed by atoms with E-state index < -0.39 is 35.0 Å². The van der Waals surface area contributed by atoms with Gasteiger partial charge in [0.15, 0.2) is 0 Å². The monoisotopic (exact) mass is 407 g/mol. The highest BCUT2D eigenvalue weighted by molar-refractivity contribution is 6.42. The zero-order valence-electron chi connectivity index (χ0n) is 13.8. The Bertz CT molecular complexity index is 1010. The van der Waals surface area contributed by atoms with Crippen LogP contribution in [0.1, 0.15) is 27.6 Å². The lowest BCUT2D eigenvalue weighted by Gasteiger charge is -2.26. The highest BCUT2D eigenvalue weighted by Crippen LogP contribution is 2.32. The lowest BCUT2D eigenvalue weighted by Crippen LogP contribution is -2.43. The summed E-state index contributed by atoms with van der Waals surface area (Å²) in [5.74, 6) is -2.02. The van der Waals surface area contributed by atoms with Crippen LogP contribution in [-0.4, -0.2) is 34.2 Å². The normalized spacial score (nSPS) is 12.9. The minimum atomic E-state index is -0.839. The number of imide groups is 1. The molecule has 3 rings (SSSR count). The number of anilines is 1. The number of hydrogen-bond donors (Lipinski definition) is 0. The van der Waals surface area contributed by atoms with Gasteiger partial charge in [-0.25, -0.2) is 0 Å². The van der Waals surface area contributed by atoms with Crippen LogP contribution in [0.2, 0.25) is 10.0 Å². The van der Waals surface area contributed by atoms with Gasteiger partial charge in [-0.1, -0.05) is 29.3 Å². The van der Waals surface area contributed by atoms with Crippen LogP contribution < -0.4 is 4.90 Å². The molecular weight excluding hydrogens is 397 g/mol. The predicted molar refractivity (Wildman–Crippen MR) is 98.1 cm³/mol. The Morgan fingerprint density at radius 1 is 1.15 bits per heavy atom. The molecule has 0 spiro atoms. The van der Waals surface area contributed by atoms with Crippen LogP contribution in [-0.2, 0) is 4.79 Å². The maximum atomic E-state index is 12.7. The van der Waals surface area contributed by atoms with E-state index >= 15 is 0 Å². The molecule has 8 nitrogen and oxygen atoms in total. The topological polar surface area (TPSA) is 101 Å². The molecular formula is C17H11Cl2N3O5. The van der Waals surface area contributed by atoms with Gasteiger partial charge < -0.3 is 0 Å². The van der Waals surface area contributed by atoms with Crippen molar-refractivity contribution in [3.8, 4) is 0 Å². The van der Waals surface area contributed by atoms with Gasteiger partial charge in [0.2, 0.25) is 5.91 Å². The second kappa shape index (κ2) is 6.98. The Hall–Kier alpha value is -2.97. The van der Waals surface area contributed by atoms with Crippen molar-refractivity contribution in [3.05, 3.63) is 67.7 Å². The largest absolute Gasteiger partial charge is 0.294 e. The van der Waals surface area contributed by atoms with Crippen molar-refractivity contribution in [2.24, 2.45) is 0 Å². The van der Waals surface area contributed by atoms with Crippen LogP contribution in [0.3, 0.4) is 0 Å². The van der Waals surface area contributed by atoms with E-state index in [4.69, 9.17) is 23.2 Å². The Morgan fingerprint density at radius 2 is 1.85 bits per heavy atom. The lowest BCUT2D eigenvalue weighted by atomic mass is 10.1. The first-order valence-corrected chi connectivity index (χ1v) is 8.34. The third-order valence-electron chi connectivity index (χ3n) is 4.05. The van der Waals surface area contributed by atoms with Crippen molar-refractivity contribution in [3.63, 3.8) is 0 Å². The summed E-state index contributed by atoms with van der Waals surface area (Å²) in [4.78, 5) is 49.7. The first-order valence-electron chi connectivity index (χ1n) is 7.59. The molecule has 0 saturated carbocycles. The fourth-order valence-corrected chi connectivity index (χ4v) is 3.05. The molecule has 0 saturated heterocycles. The van der Waals surface area contributed by atoms with Crippen LogP contribution >= 0.6 is 23.2 Å². The molecule has 0 aliphatic carbocycles. The van der Waals surface area contributed by atoms with E-state index in [0.29, 0.717) is 5.69 Å². The van der Waals surface area contributed by atoms with Gasteiger partial charge in [-0.2, -0.15) is 0 Å². The number of amides is 3. The van der Waals surface area contributed by atoms with E-state index in [9.17, 15) is 24.5 Å². The lowest BCUT2D eigenvalue weighted by molar-refractivity contribution is -0.385. The van der Waals surface area contributed by atoms with E-state index in [1.165, 1.54) is 37.3 Å². The van der Waals surface area contributed by atoms with Gasteiger partial charge in [0, 0.05) is 18.7 Å². The molecule has 1 aliphatic heterocycles. The Kier molecular flexibility index (Phi) is 4.86. The first-order chi connectivity index (χ1) is 12.7. The number of nitro benzene ring substituents is 1. The molecule has 0 bridgehead atoms. The zero-order valence-corrected chi connectivity index (χ0v) is 15.3. The fourth-order valence-electron chi connectivity index (χ4n) is 2.75. The van der Waals surface area contributed by atoms with E-state index in [1.807, 2.05) is 0 Å². The maximum absolute atomic E-state index is 12.7. The molecule has 138 valence electrons. The summed E-state index contributed by atoms with van der Waals surface area (Å²) in [6, 6.07) is 8.22. The molecule has 1 heterocycles. The number of rotatable bonds is 4. The molecule has 0 aromatic heterocycles. The molecule has 3 amide bonds. The minimum absolute atomic E-state index is 0.0770. The Balaban J connectivity index is 1.99. The van der Waals surface area contributed by atoms with E-state index in [-0.39, 0.29) is 21.2 Å². The van der Waals surface area contributed by atoms with Gasteiger partial charge >= 0.3 is 0 Å². The Morgan fingerprint density at radius 3 is 2.44 bits per heavy atom. The zero-order chi connectivity index (χ0) is 19.9. The average Bonchev–Trinajstić information content (AvgIpc) is 2.86. The van der Waals surface area contributed by atoms with Gasteiger partial charge in [0.1, 0.15) is 12.2 Å². The van der Waals surface area contributed by atoms with Crippen molar-refractivity contribution >= 4 is 52.3 Å². The van der Waals surface area contributed by atoms with Gasteiger partial charge in [-0.05, 0) is 24.3 Å². The molecule has 0 N–H and O–H groups in total. The number of nitrogens with zero attached hydrogens (tertiary/aromatic N) is 3. The van der Waals surface area contributed by atoms with Crippen molar-refractivity contribution in [2.45, 2.75) is 6.92 Å². The van der Waals surface area contributed by atoms with E-state index in [2.05, 4.69) is 0 Å². The van der Waals surface area contributed by atoms with Crippen molar-refractivity contribution in [1.29, 1.82) is 0 Å². The van der Waals surface area contributed by atoms with Gasteiger partial charge in [-0.15, -0.1) is 0 Å². The number of nitro groups is 1. The standard InChI is InChI=1S/C17H11Cl2N3O5/c1-9(23)20(10-5-6-12(18)13(19)7-10)8-21-16(24)11-3-2-4-14(22(26)27)15(11)17(21)25/h2-7H,8H2,1H3. The molecule has 0 fully saturated rings. The van der Waals surface area contributed by atoms with Gasteiger partial charge in [0.25, 0.3) is 17.5 Å². The summed E-state index contributed by atoms with van der Waals surface area (Å²) in [5, 5.41) is 11.6. The predicted octanol–water partition coefficient (Wildman–Crippen LogP) is 3.51. The van der Waals surface area contributed by atoms with Crippen LogP contribution in [0.4, 0.5) is 11.4 Å². The smallest absolute Gasteiger partial charge is 0.282 e. The number of carbonyl (C=O) groups excluding carboxylic acids is 3. The third kappa shape index (κ3) is 3.24. The summed E-state index contributed by atoms with van der Waals surface area (Å²) in [6.45, 7) is 0.833. The van der Waals surface area contributed by atoms with Crippen LogP contribution in [0.25, 0.3) is 0 Å². The second-order valence-electron chi connectivity index (χ2n) is 5.68. The summed E-state index contributed by atoms with van der Waals surface area (Å²) in [6.07, 6.45) is 0. The molecule has 1 aliphatic rings. The average molecular weight is 408 g/mol. The number of carbonyl (C=O) groups is 3. The highest BCUT2D eigenvalue weighted by atomic mass is 35.5. The van der Waals surface area contributed by atoms with Crippen molar-refractivity contribution < 1.29 is 19.3 Å². The van der Waals surface area contributed by atoms with E-state index in [0.717, 1.165) is 15.9 Å². The molecule has 0 atom stereocenters. The molecule has 27 heavy (non-hydrogen) atoms.